The molecular formula is C16H13ClF3NO. The van der Waals surface area contributed by atoms with E-state index in [1.54, 1.807) is 18.2 Å². The van der Waals surface area contributed by atoms with Gasteiger partial charge in [0.05, 0.1) is 12.0 Å². The predicted molar refractivity (Wildman–Crippen MR) is 79.7 cm³/mol. The van der Waals surface area contributed by atoms with Gasteiger partial charge in [0.2, 0.25) is 5.91 Å². The molecule has 22 heavy (non-hydrogen) atoms. The van der Waals surface area contributed by atoms with E-state index in [-0.39, 0.29) is 12.3 Å². The number of halogens is 4. The normalized spacial score (nSPS) is 11.3. The van der Waals surface area contributed by atoms with Crippen LogP contribution in [-0.4, -0.2) is 13.0 Å². The first-order valence-corrected chi connectivity index (χ1v) is 6.85. The number of alkyl halides is 3. The van der Waals surface area contributed by atoms with E-state index >= 15 is 0 Å². The van der Waals surface area contributed by atoms with Gasteiger partial charge in [-0.1, -0.05) is 29.8 Å². The number of carbonyl (C=O) groups excluding carboxylic acids is 1. The van der Waals surface area contributed by atoms with Gasteiger partial charge in [-0.25, -0.2) is 0 Å². The Morgan fingerprint density at radius 2 is 1.77 bits per heavy atom. The van der Waals surface area contributed by atoms with Crippen LogP contribution in [0.3, 0.4) is 0 Å². The fraction of sp³-hybridized carbons (Fsp3) is 0.188. The van der Waals surface area contributed by atoms with Gasteiger partial charge in [-0.2, -0.15) is 13.2 Å². The molecule has 2 aromatic carbocycles. The van der Waals surface area contributed by atoms with E-state index in [4.69, 9.17) is 11.6 Å². The van der Waals surface area contributed by atoms with Crippen molar-refractivity contribution >= 4 is 17.5 Å². The molecule has 2 aromatic rings. The Kier molecular flexibility index (Phi) is 4.76. The maximum Gasteiger partial charge on any atom is 0.416 e. The minimum absolute atomic E-state index is 0.105. The number of hydrogen-bond donors (Lipinski definition) is 1. The smallest absolute Gasteiger partial charge is 0.359 e. The number of benzene rings is 2. The summed E-state index contributed by atoms with van der Waals surface area (Å²) in [4.78, 5) is 11.6. The maximum absolute atomic E-state index is 12.6. The minimum atomic E-state index is -4.37. The Morgan fingerprint density at radius 3 is 2.32 bits per heavy atom. The Balaban J connectivity index is 2.41. The minimum Gasteiger partial charge on any atom is -0.359 e. The highest BCUT2D eigenvalue weighted by atomic mass is 35.5. The van der Waals surface area contributed by atoms with Gasteiger partial charge in [-0.05, 0) is 41.0 Å². The zero-order valence-electron chi connectivity index (χ0n) is 11.7. The van der Waals surface area contributed by atoms with Gasteiger partial charge in [-0.3, -0.25) is 4.79 Å². The van der Waals surface area contributed by atoms with Crippen molar-refractivity contribution in [3.63, 3.8) is 0 Å². The lowest BCUT2D eigenvalue weighted by atomic mass is 9.96. The van der Waals surface area contributed by atoms with Crippen LogP contribution in [-0.2, 0) is 17.4 Å². The lowest BCUT2D eigenvalue weighted by molar-refractivity contribution is -0.137. The highest BCUT2D eigenvalue weighted by Gasteiger charge is 2.30. The van der Waals surface area contributed by atoms with Crippen LogP contribution in [0.1, 0.15) is 11.1 Å². The number of carbonyl (C=O) groups is 1. The molecule has 116 valence electrons. The van der Waals surface area contributed by atoms with Crippen molar-refractivity contribution in [2.24, 2.45) is 0 Å². The first kappa shape index (κ1) is 16.4. The van der Waals surface area contributed by atoms with Crippen molar-refractivity contribution in [1.82, 2.24) is 5.32 Å². The molecule has 0 heterocycles. The van der Waals surface area contributed by atoms with E-state index in [0.29, 0.717) is 21.7 Å². The average Bonchev–Trinajstić information content (AvgIpc) is 2.46. The Morgan fingerprint density at radius 1 is 1.14 bits per heavy atom. The van der Waals surface area contributed by atoms with Crippen LogP contribution in [0.4, 0.5) is 13.2 Å². The molecule has 0 spiro atoms. The first-order chi connectivity index (χ1) is 10.3. The van der Waals surface area contributed by atoms with Crippen LogP contribution in [0.25, 0.3) is 11.1 Å². The first-order valence-electron chi connectivity index (χ1n) is 6.48. The van der Waals surface area contributed by atoms with Crippen molar-refractivity contribution < 1.29 is 18.0 Å². The second-order valence-corrected chi connectivity index (χ2v) is 5.16. The molecule has 0 atom stereocenters. The standard InChI is InChI=1S/C16H13ClF3NO/c1-21-15(22)9-11-8-13(17)6-7-14(11)10-2-4-12(5-3-10)16(18,19)20/h2-8H,9H2,1H3,(H,21,22). The van der Waals surface area contributed by atoms with Crippen molar-refractivity contribution in [3.8, 4) is 11.1 Å². The lowest BCUT2D eigenvalue weighted by Gasteiger charge is -2.12. The van der Waals surface area contributed by atoms with Gasteiger partial charge >= 0.3 is 6.18 Å². The van der Waals surface area contributed by atoms with E-state index in [9.17, 15) is 18.0 Å². The second-order valence-electron chi connectivity index (χ2n) is 4.73. The van der Waals surface area contributed by atoms with Crippen LogP contribution < -0.4 is 5.32 Å². The van der Waals surface area contributed by atoms with Crippen molar-refractivity contribution in [1.29, 1.82) is 0 Å². The quantitative estimate of drug-likeness (QED) is 0.894. The van der Waals surface area contributed by atoms with E-state index < -0.39 is 11.7 Å². The Bertz CT molecular complexity index is 681. The van der Waals surface area contributed by atoms with Crippen LogP contribution in [0.5, 0.6) is 0 Å². The zero-order valence-corrected chi connectivity index (χ0v) is 12.4. The third-order valence-corrected chi connectivity index (χ3v) is 3.46. The largest absolute Gasteiger partial charge is 0.416 e. The fourth-order valence-electron chi connectivity index (χ4n) is 2.09. The molecule has 0 saturated carbocycles. The summed E-state index contributed by atoms with van der Waals surface area (Å²) in [7, 11) is 1.52. The summed E-state index contributed by atoms with van der Waals surface area (Å²) in [5.74, 6) is -0.199. The van der Waals surface area contributed by atoms with Crippen molar-refractivity contribution in [2.45, 2.75) is 12.6 Å². The molecular weight excluding hydrogens is 315 g/mol. The summed E-state index contributed by atoms with van der Waals surface area (Å²) >= 11 is 5.94. The molecule has 0 saturated heterocycles. The number of nitrogens with one attached hydrogen (secondary N) is 1. The summed E-state index contributed by atoms with van der Waals surface area (Å²) in [5, 5.41) is 2.98. The highest BCUT2D eigenvalue weighted by molar-refractivity contribution is 6.30. The van der Waals surface area contributed by atoms with Crippen LogP contribution in [0.15, 0.2) is 42.5 Å². The summed E-state index contributed by atoms with van der Waals surface area (Å²) in [5.41, 5.74) is 1.23. The van der Waals surface area contributed by atoms with Gasteiger partial charge in [-0.15, -0.1) is 0 Å². The van der Waals surface area contributed by atoms with Crippen LogP contribution in [0.2, 0.25) is 5.02 Å². The summed E-state index contributed by atoms with van der Waals surface area (Å²) in [6, 6.07) is 9.80. The van der Waals surface area contributed by atoms with Crippen molar-refractivity contribution in [3.05, 3.63) is 58.6 Å². The van der Waals surface area contributed by atoms with Gasteiger partial charge < -0.3 is 5.32 Å². The molecule has 6 heteroatoms. The Labute approximate surface area is 130 Å². The third kappa shape index (κ3) is 3.80. The van der Waals surface area contributed by atoms with E-state index in [1.165, 1.54) is 19.2 Å². The number of rotatable bonds is 3. The van der Waals surface area contributed by atoms with Gasteiger partial charge in [0, 0.05) is 12.1 Å². The molecule has 0 radical (unpaired) electrons. The monoisotopic (exact) mass is 327 g/mol. The molecule has 0 aliphatic heterocycles. The lowest BCUT2D eigenvalue weighted by Crippen LogP contribution is -2.20. The fourth-order valence-corrected chi connectivity index (χ4v) is 2.28. The Hall–Kier alpha value is -2.01. The maximum atomic E-state index is 12.6. The second kappa shape index (κ2) is 6.40. The summed E-state index contributed by atoms with van der Waals surface area (Å²) in [6.45, 7) is 0. The summed E-state index contributed by atoms with van der Waals surface area (Å²) < 4.78 is 37.8. The van der Waals surface area contributed by atoms with Crippen LogP contribution in [0, 0.1) is 0 Å². The molecule has 2 rings (SSSR count). The third-order valence-electron chi connectivity index (χ3n) is 3.22. The molecule has 0 aromatic heterocycles. The molecule has 1 N–H and O–H groups in total. The molecule has 2 nitrogen and oxygen atoms in total. The molecule has 0 bridgehead atoms. The average molecular weight is 328 g/mol. The number of hydrogen-bond acceptors (Lipinski definition) is 1. The molecule has 0 aliphatic carbocycles. The topological polar surface area (TPSA) is 29.1 Å². The van der Waals surface area contributed by atoms with Gasteiger partial charge in [0.15, 0.2) is 0 Å². The highest BCUT2D eigenvalue weighted by Crippen LogP contribution is 2.32. The van der Waals surface area contributed by atoms with Crippen molar-refractivity contribution in [2.75, 3.05) is 7.05 Å². The van der Waals surface area contributed by atoms with Crippen LogP contribution >= 0.6 is 11.6 Å². The molecule has 0 fully saturated rings. The predicted octanol–water partition coefficient (Wildman–Crippen LogP) is 4.31. The number of amides is 1. The van der Waals surface area contributed by atoms with Gasteiger partial charge in [0.25, 0.3) is 0 Å². The molecule has 0 unspecified atom stereocenters. The van der Waals surface area contributed by atoms with E-state index in [0.717, 1.165) is 12.1 Å². The van der Waals surface area contributed by atoms with E-state index in [1.807, 2.05) is 0 Å². The number of likely N-dealkylation sites (N-methyl/N-ethyl adjacent to an activating group) is 1. The van der Waals surface area contributed by atoms with Gasteiger partial charge in [0.1, 0.15) is 0 Å². The van der Waals surface area contributed by atoms with E-state index in [2.05, 4.69) is 5.32 Å². The SMILES string of the molecule is CNC(=O)Cc1cc(Cl)ccc1-c1ccc(C(F)(F)F)cc1. The zero-order chi connectivity index (χ0) is 16.3. The molecule has 0 aliphatic rings. The summed E-state index contributed by atoms with van der Waals surface area (Å²) in [6.07, 6.45) is -4.27. The molecule has 1 amide bonds.